The third-order valence-electron chi connectivity index (χ3n) is 6.85. The summed E-state index contributed by atoms with van der Waals surface area (Å²) in [6.07, 6.45) is 7.39. The first kappa shape index (κ1) is 22.4. The fourth-order valence-corrected chi connectivity index (χ4v) is 4.83. The zero-order valence-corrected chi connectivity index (χ0v) is 18.8. The van der Waals surface area contributed by atoms with Crippen LogP contribution in [-0.2, 0) is 6.54 Å². The number of nitrogens with one attached hydrogen (secondary N) is 3. The number of hydrogen-bond acceptors (Lipinski definition) is 7. The van der Waals surface area contributed by atoms with Crippen molar-refractivity contribution < 1.29 is 15.0 Å². The van der Waals surface area contributed by atoms with Crippen LogP contribution in [0.25, 0.3) is 11.2 Å². The van der Waals surface area contributed by atoms with Crippen molar-refractivity contribution in [3.63, 3.8) is 0 Å². The van der Waals surface area contributed by atoms with Crippen LogP contribution in [-0.4, -0.2) is 47.7 Å². The van der Waals surface area contributed by atoms with Gasteiger partial charge in [-0.2, -0.15) is 0 Å². The van der Waals surface area contributed by atoms with Crippen molar-refractivity contribution in [1.82, 2.24) is 24.8 Å². The third kappa shape index (κ3) is 4.69. The maximum absolute atomic E-state index is 11.0. The lowest BCUT2D eigenvalue weighted by Crippen LogP contribution is -2.33. The number of amides is 1. The lowest BCUT2D eigenvalue weighted by atomic mass is 9.80. The standard InChI is InChI=1S/C22H33N7O3/c1-12(15-9-6-10-15)24-18-16-19(27-20(26-18)17(23)25-22(31)32)28-21(13(2)30)29(16)11-14-7-4-3-5-8-14/h12-15,30H,3-11H2,1-2H3,(H2,23,25)(H,31,32)(H,24,26,27)/t12-,13?/m1/s1. The number of carboxylic acid groups (broad SMARTS) is 1. The van der Waals surface area contributed by atoms with Gasteiger partial charge in [0.05, 0.1) is 0 Å². The smallest absolute Gasteiger partial charge is 0.410 e. The lowest BCUT2D eigenvalue weighted by molar-refractivity contribution is 0.180. The Balaban J connectivity index is 1.79. The molecule has 2 fully saturated rings. The highest BCUT2D eigenvalue weighted by atomic mass is 16.4. The average molecular weight is 444 g/mol. The summed E-state index contributed by atoms with van der Waals surface area (Å²) < 4.78 is 2.03. The van der Waals surface area contributed by atoms with Crippen LogP contribution >= 0.6 is 0 Å². The molecule has 174 valence electrons. The van der Waals surface area contributed by atoms with Crippen LogP contribution < -0.4 is 10.6 Å². The number of fused-ring (bicyclic) bond motifs is 1. The molecule has 1 unspecified atom stereocenters. The molecule has 0 bridgehead atoms. The van der Waals surface area contributed by atoms with Crippen molar-refractivity contribution in [2.75, 3.05) is 5.32 Å². The molecule has 32 heavy (non-hydrogen) atoms. The molecule has 2 aromatic rings. The van der Waals surface area contributed by atoms with Gasteiger partial charge in [-0.15, -0.1) is 0 Å². The van der Waals surface area contributed by atoms with Gasteiger partial charge in [0.15, 0.2) is 23.1 Å². The lowest BCUT2D eigenvalue weighted by Gasteiger charge is -2.32. The molecule has 4 rings (SSSR count). The monoisotopic (exact) mass is 443 g/mol. The summed E-state index contributed by atoms with van der Waals surface area (Å²) in [6.45, 7) is 4.54. The summed E-state index contributed by atoms with van der Waals surface area (Å²) in [5, 5.41) is 33.1. The zero-order chi connectivity index (χ0) is 22.8. The number of anilines is 1. The Morgan fingerprint density at radius 3 is 2.44 bits per heavy atom. The number of rotatable bonds is 7. The largest absolute Gasteiger partial charge is 0.465 e. The Bertz CT molecular complexity index is 993. The molecule has 0 saturated heterocycles. The van der Waals surface area contributed by atoms with Crippen LogP contribution in [0.1, 0.15) is 83.0 Å². The van der Waals surface area contributed by atoms with E-state index < -0.39 is 18.0 Å². The number of aromatic nitrogens is 4. The fourth-order valence-electron chi connectivity index (χ4n) is 4.83. The molecule has 10 nitrogen and oxygen atoms in total. The minimum atomic E-state index is -1.34. The Labute approximate surface area is 187 Å². The molecule has 1 amide bonds. The number of carbonyl (C=O) groups is 1. The van der Waals surface area contributed by atoms with E-state index in [1.165, 1.54) is 25.7 Å². The minimum absolute atomic E-state index is 0.0392. The molecule has 2 saturated carbocycles. The summed E-state index contributed by atoms with van der Waals surface area (Å²) in [5.74, 6) is 1.67. The number of imidazole rings is 1. The Kier molecular flexibility index (Phi) is 6.59. The van der Waals surface area contributed by atoms with Gasteiger partial charge in [0.2, 0.25) is 0 Å². The predicted molar refractivity (Wildman–Crippen MR) is 121 cm³/mol. The molecule has 10 heteroatoms. The number of nitrogens with zero attached hydrogens (tertiary/aromatic N) is 4. The van der Waals surface area contributed by atoms with E-state index in [2.05, 4.69) is 27.2 Å². The molecule has 2 aromatic heterocycles. The third-order valence-corrected chi connectivity index (χ3v) is 6.85. The normalized spacial score (nSPS) is 19.3. The predicted octanol–water partition coefficient (Wildman–Crippen LogP) is 3.65. The molecule has 0 aliphatic heterocycles. The highest BCUT2D eigenvalue weighted by Crippen LogP contribution is 2.34. The van der Waals surface area contributed by atoms with Crippen molar-refractivity contribution in [2.24, 2.45) is 11.8 Å². The first-order valence-electron chi connectivity index (χ1n) is 11.6. The molecule has 5 N–H and O–H groups in total. The van der Waals surface area contributed by atoms with Gasteiger partial charge >= 0.3 is 6.09 Å². The molecule has 2 atom stereocenters. The van der Waals surface area contributed by atoms with Gasteiger partial charge in [0, 0.05) is 12.6 Å². The second-order valence-electron chi connectivity index (χ2n) is 9.26. The number of hydrogen-bond donors (Lipinski definition) is 5. The van der Waals surface area contributed by atoms with Crippen molar-refractivity contribution in [3.05, 3.63) is 11.6 Å². The van der Waals surface area contributed by atoms with Crippen molar-refractivity contribution in [3.8, 4) is 0 Å². The van der Waals surface area contributed by atoms with Gasteiger partial charge in [-0.05, 0) is 51.4 Å². The highest BCUT2D eigenvalue weighted by molar-refractivity contribution is 6.03. The molecule has 0 aromatic carbocycles. The van der Waals surface area contributed by atoms with Gasteiger partial charge in [-0.25, -0.2) is 19.7 Å². The summed E-state index contributed by atoms with van der Waals surface area (Å²) in [7, 11) is 0. The first-order valence-corrected chi connectivity index (χ1v) is 11.6. The van der Waals surface area contributed by atoms with E-state index in [4.69, 9.17) is 10.5 Å². The minimum Gasteiger partial charge on any atom is -0.465 e. The molecule has 2 heterocycles. The fraction of sp³-hybridized carbons (Fsp3) is 0.682. The van der Waals surface area contributed by atoms with E-state index in [1.807, 2.05) is 9.88 Å². The summed E-state index contributed by atoms with van der Waals surface area (Å²) in [4.78, 5) is 24.6. The van der Waals surface area contributed by atoms with Crippen molar-refractivity contribution in [1.29, 1.82) is 5.41 Å². The topological polar surface area (TPSA) is 149 Å². The molecule has 2 aliphatic rings. The van der Waals surface area contributed by atoms with Gasteiger partial charge in [0.25, 0.3) is 0 Å². The van der Waals surface area contributed by atoms with E-state index in [0.29, 0.717) is 34.6 Å². The van der Waals surface area contributed by atoms with E-state index >= 15 is 0 Å². The van der Waals surface area contributed by atoms with Gasteiger partial charge in [0.1, 0.15) is 17.4 Å². The average Bonchev–Trinajstić information content (AvgIpc) is 3.05. The number of aliphatic hydroxyl groups is 1. The van der Waals surface area contributed by atoms with Crippen LogP contribution in [0.5, 0.6) is 0 Å². The molecular weight excluding hydrogens is 410 g/mol. The Morgan fingerprint density at radius 2 is 1.84 bits per heavy atom. The van der Waals surface area contributed by atoms with Gasteiger partial charge in [-0.1, -0.05) is 25.7 Å². The SMILES string of the molecule is CC(O)c1nc2nc(C(=N)NC(=O)O)nc(N[C@H](C)C3CCC3)c2n1CC1CCCCC1. The number of amidine groups is 1. The van der Waals surface area contributed by atoms with Crippen LogP contribution in [0.15, 0.2) is 0 Å². The Hall–Kier alpha value is -2.75. The summed E-state index contributed by atoms with van der Waals surface area (Å²) in [6, 6.07) is 0.171. The second-order valence-corrected chi connectivity index (χ2v) is 9.26. The quantitative estimate of drug-likeness (QED) is 0.324. The van der Waals surface area contributed by atoms with Crippen molar-refractivity contribution >= 4 is 28.9 Å². The van der Waals surface area contributed by atoms with Crippen LogP contribution in [0.3, 0.4) is 0 Å². The second kappa shape index (κ2) is 9.40. The van der Waals surface area contributed by atoms with Crippen LogP contribution in [0, 0.1) is 17.2 Å². The van der Waals surface area contributed by atoms with E-state index in [0.717, 1.165) is 32.2 Å². The van der Waals surface area contributed by atoms with Crippen molar-refractivity contribution in [2.45, 2.75) is 83.9 Å². The maximum Gasteiger partial charge on any atom is 0.410 e. The van der Waals surface area contributed by atoms with E-state index in [1.54, 1.807) is 6.92 Å². The molecule has 0 radical (unpaired) electrons. The summed E-state index contributed by atoms with van der Waals surface area (Å²) in [5.41, 5.74) is 1.08. The van der Waals surface area contributed by atoms with Crippen LogP contribution in [0.4, 0.5) is 10.6 Å². The molecule has 2 aliphatic carbocycles. The van der Waals surface area contributed by atoms with Gasteiger partial charge < -0.3 is 20.1 Å². The maximum atomic E-state index is 11.0. The molecule has 0 spiro atoms. The number of aliphatic hydroxyl groups excluding tert-OH is 1. The zero-order valence-electron chi connectivity index (χ0n) is 18.8. The van der Waals surface area contributed by atoms with Gasteiger partial charge in [-0.3, -0.25) is 10.7 Å². The summed E-state index contributed by atoms with van der Waals surface area (Å²) >= 11 is 0. The van der Waals surface area contributed by atoms with E-state index in [-0.39, 0.29) is 11.9 Å². The first-order chi connectivity index (χ1) is 15.3. The van der Waals surface area contributed by atoms with E-state index in [9.17, 15) is 9.90 Å². The highest BCUT2D eigenvalue weighted by Gasteiger charge is 2.28. The van der Waals surface area contributed by atoms with Crippen LogP contribution in [0.2, 0.25) is 0 Å². The Morgan fingerprint density at radius 1 is 1.12 bits per heavy atom. The molecular formula is C22H33N7O3.